The summed E-state index contributed by atoms with van der Waals surface area (Å²) in [5.41, 5.74) is 1.16. The maximum atomic E-state index is 12.5. The first-order chi connectivity index (χ1) is 11.8. The predicted octanol–water partition coefficient (Wildman–Crippen LogP) is 2.23. The van der Waals surface area contributed by atoms with Crippen LogP contribution in [0.15, 0.2) is 18.2 Å². The molecular weight excluding hydrogens is 344 g/mol. The van der Waals surface area contributed by atoms with Crippen LogP contribution in [0.3, 0.4) is 0 Å². The van der Waals surface area contributed by atoms with Gasteiger partial charge in [0.15, 0.2) is 0 Å². The molecule has 1 aliphatic heterocycles. The third kappa shape index (κ3) is 4.58. The highest BCUT2D eigenvalue weighted by Crippen LogP contribution is 2.24. The second-order valence-corrected chi connectivity index (χ2v) is 8.30. The first-order valence-corrected chi connectivity index (χ1v) is 10.0. The first-order valence-electron chi connectivity index (χ1n) is 8.40. The molecule has 2 N–H and O–H groups in total. The molecule has 0 spiro atoms. The molecule has 1 atom stereocenters. The van der Waals surface area contributed by atoms with E-state index < -0.39 is 22.0 Å². The lowest BCUT2D eigenvalue weighted by molar-refractivity contribution is -0.119. The van der Waals surface area contributed by atoms with Crippen LogP contribution in [-0.4, -0.2) is 48.0 Å². The van der Waals surface area contributed by atoms with Crippen LogP contribution < -0.4 is 5.32 Å². The summed E-state index contributed by atoms with van der Waals surface area (Å²) in [6.07, 6.45) is 2.49. The summed E-state index contributed by atoms with van der Waals surface area (Å²) in [4.78, 5) is 23.6. The van der Waals surface area contributed by atoms with Gasteiger partial charge in [0.2, 0.25) is 15.9 Å². The summed E-state index contributed by atoms with van der Waals surface area (Å²) in [6, 6.07) is 3.81. The van der Waals surface area contributed by atoms with E-state index >= 15 is 0 Å². The van der Waals surface area contributed by atoms with Crippen LogP contribution in [-0.2, 0) is 14.8 Å². The zero-order valence-electron chi connectivity index (χ0n) is 14.5. The Balaban J connectivity index is 2.12. The van der Waals surface area contributed by atoms with Gasteiger partial charge >= 0.3 is 5.97 Å². The van der Waals surface area contributed by atoms with Crippen LogP contribution in [0, 0.1) is 6.92 Å². The van der Waals surface area contributed by atoms with Crippen molar-refractivity contribution in [1.82, 2.24) is 4.31 Å². The second kappa shape index (κ2) is 7.97. The van der Waals surface area contributed by atoms with E-state index in [2.05, 4.69) is 5.32 Å². The van der Waals surface area contributed by atoms with Crippen molar-refractivity contribution in [2.45, 2.75) is 45.6 Å². The average Bonchev–Trinajstić information content (AvgIpc) is 3.03. The largest absolute Gasteiger partial charge is 0.478 e. The smallest absolute Gasteiger partial charge is 0.335 e. The zero-order chi connectivity index (χ0) is 18.6. The van der Waals surface area contributed by atoms with Crippen LogP contribution in [0.2, 0.25) is 0 Å². The zero-order valence-corrected chi connectivity index (χ0v) is 15.3. The van der Waals surface area contributed by atoms with Crippen molar-refractivity contribution < 1.29 is 23.1 Å². The van der Waals surface area contributed by atoms with Gasteiger partial charge in [-0.3, -0.25) is 4.79 Å². The lowest BCUT2D eigenvalue weighted by Gasteiger charge is -2.23. The summed E-state index contributed by atoms with van der Waals surface area (Å²) in [6.45, 7) is 3.93. The van der Waals surface area contributed by atoms with Crippen molar-refractivity contribution in [3.8, 4) is 0 Å². The molecule has 25 heavy (non-hydrogen) atoms. The molecule has 1 heterocycles. The molecule has 1 fully saturated rings. The van der Waals surface area contributed by atoms with Crippen LogP contribution in [0.4, 0.5) is 5.69 Å². The Kier molecular flexibility index (Phi) is 6.18. The number of aromatic carboxylic acids is 1. The fourth-order valence-electron chi connectivity index (χ4n) is 2.99. The van der Waals surface area contributed by atoms with Crippen LogP contribution >= 0.6 is 0 Å². The van der Waals surface area contributed by atoms with E-state index in [9.17, 15) is 18.0 Å². The SMILES string of the molecule is CCCCS(=O)(=O)N1CCCC1C(=O)Nc1ccc(C(=O)O)c(C)c1. The van der Waals surface area contributed by atoms with Gasteiger partial charge < -0.3 is 10.4 Å². The van der Waals surface area contributed by atoms with Crippen molar-refractivity contribution in [1.29, 1.82) is 0 Å². The number of aryl methyl sites for hydroxylation is 1. The van der Waals surface area contributed by atoms with Crippen LogP contribution in [0.1, 0.15) is 48.5 Å². The molecule has 138 valence electrons. The molecule has 2 rings (SSSR count). The molecule has 1 amide bonds. The van der Waals surface area contributed by atoms with Gasteiger partial charge in [-0.05, 0) is 49.9 Å². The summed E-state index contributed by atoms with van der Waals surface area (Å²) in [5, 5.41) is 11.8. The van der Waals surface area contributed by atoms with Crippen molar-refractivity contribution >= 4 is 27.6 Å². The summed E-state index contributed by atoms with van der Waals surface area (Å²) in [5.74, 6) is -1.35. The summed E-state index contributed by atoms with van der Waals surface area (Å²) >= 11 is 0. The monoisotopic (exact) mass is 368 g/mol. The molecule has 0 radical (unpaired) electrons. The number of carboxylic acids is 1. The van der Waals surface area contributed by atoms with Gasteiger partial charge in [-0.25, -0.2) is 13.2 Å². The number of carbonyl (C=O) groups is 2. The number of amides is 1. The number of carboxylic acid groups (broad SMARTS) is 1. The lowest BCUT2D eigenvalue weighted by atomic mass is 10.1. The number of carbonyl (C=O) groups excluding carboxylic acids is 1. The molecule has 8 heteroatoms. The van der Waals surface area contributed by atoms with Crippen LogP contribution in [0.25, 0.3) is 0 Å². The molecule has 1 unspecified atom stereocenters. The number of hydrogen-bond acceptors (Lipinski definition) is 4. The molecule has 1 aliphatic rings. The maximum absolute atomic E-state index is 12.5. The van der Waals surface area contributed by atoms with E-state index in [4.69, 9.17) is 5.11 Å². The number of anilines is 1. The molecule has 0 aromatic heterocycles. The van der Waals surface area contributed by atoms with Gasteiger partial charge in [-0.2, -0.15) is 4.31 Å². The fourth-order valence-corrected chi connectivity index (χ4v) is 4.87. The number of nitrogens with zero attached hydrogens (tertiary/aromatic N) is 1. The number of benzene rings is 1. The van der Waals surface area contributed by atoms with Gasteiger partial charge in [0.25, 0.3) is 0 Å². The minimum Gasteiger partial charge on any atom is -0.478 e. The Bertz CT molecular complexity index is 760. The van der Waals surface area contributed by atoms with E-state index in [-0.39, 0.29) is 17.2 Å². The Morgan fingerprint density at radius 3 is 2.68 bits per heavy atom. The van der Waals surface area contributed by atoms with E-state index in [1.54, 1.807) is 13.0 Å². The fraction of sp³-hybridized carbons (Fsp3) is 0.529. The van der Waals surface area contributed by atoms with E-state index in [1.807, 2.05) is 6.92 Å². The maximum Gasteiger partial charge on any atom is 0.335 e. The quantitative estimate of drug-likeness (QED) is 0.768. The van der Waals surface area contributed by atoms with Gasteiger partial charge in [0, 0.05) is 12.2 Å². The van der Waals surface area contributed by atoms with Crippen LogP contribution in [0.5, 0.6) is 0 Å². The lowest BCUT2D eigenvalue weighted by Crippen LogP contribution is -2.44. The van der Waals surface area contributed by atoms with Gasteiger partial charge in [-0.1, -0.05) is 13.3 Å². The van der Waals surface area contributed by atoms with Gasteiger partial charge in [-0.15, -0.1) is 0 Å². The average molecular weight is 368 g/mol. The summed E-state index contributed by atoms with van der Waals surface area (Å²) < 4.78 is 26.1. The minimum absolute atomic E-state index is 0.0553. The summed E-state index contributed by atoms with van der Waals surface area (Å²) in [7, 11) is -3.44. The Hall–Kier alpha value is -1.93. The molecular formula is C17H24N2O5S. The third-order valence-electron chi connectivity index (χ3n) is 4.34. The molecule has 0 aliphatic carbocycles. The highest BCUT2D eigenvalue weighted by molar-refractivity contribution is 7.89. The molecule has 0 bridgehead atoms. The molecule has 1 aromatic rings. The molecule has 1 saturated heterocycles. The number of sulfonamides is 1. The normalized spacial score (nSPS) is 18.2. The minimum atomic E-state index is -3.44. The number of hydrogen-bond donors (Lipinski definition) is 2. The molecule has 1 aromatic carbocycles. The van der Waals surface area contributed by atoms with E-state index in [0.29, 0.717) is 37.1 Å². The highest BCUT2D eigenvalue weighted by atomic mass is 32.2. The Morgan fingerprint density at radius 1 is 1.36 bits per heavy atom. The van der Waals surface area contributed by atoms with E-state index in [0.717, 1.165) is 6.42 Å². The number of unbranched alkanes of at least 4 members (excludes halogenated alkanes) is 1. The van der Waals surface area contributed by atoms with Crippen molar-refractivity contribution in [2.75, 3.05) is 17.6 Å². The van der Waals surface area contributed by atoms with Crippen molar-refractivity contribution in [3.63, 3.8) is 0 Å². The Labute approximate surface area is 148 Å². The second-order valence-electron chi connectivity index (χ2n) is 6.26. The van der Waals surface area contributed by atoms with Gasteiger partial charge in [0.05, 0.1) is 11.3 Å². The molecule has 7 nitrogen and oxygen atoms in total. The predicted molar refractivity (Wildman–Crippen MR) is 95.2 cm³/mol. The van der Waals surface area contributed by atoms with Gasteiger partial charge in [0.1, 0.15) is 6.04 Å². The van der Waals surface area contributed by atoms with E-state index in [1.165, 1.54) is 16.4 Å². The topological polar surface area (TPSA) is 104 Å². The number of rotatable bonds is 7. The highest BCUT2D eigenvalue weighted by Gasteiger charge is 2.38. The third-order valence-corrected chi connectivity index (χ3v) is 6.30. The Morgan fingerprint density at radius 2 is 2.08 bits per heavy atom. The standard InChI is InChI=1S/C17H24N2O5S/c1-3-4-10-25(23,24)19-9-5-6-15(19)16(20)18-13-7-8-14(17(21)22)12(2)11-13/h7-8,11,15H,3-6,9-10H2,1-2H3,(H,18,20)(H,21,22). The van der Waals surface area contributed by atoms with Crippen molar-refractivity contribution in [2.24, 2.45) is 0 Å². The number of nitrogens with one attached hydrogen (secondary N) is 1. The van der Waals surface area contributed by atoms with Crippen molar-refractivity contribution in [3.05, 3.63) is 29.3 Å². The molecule has 0 saturated carbocycles. The first kappa shape index (κ1) is 19.4.